The summed E-state index contributed by atoms with van der Waals surface area (Å²) in [5, 5.41) is 20.8. The molecule has 0 aromatic heterocycles. The molecule has 0 radical (unpaired) electrons. The first kappa shape index (κ1) is 14.4. The second-order valence-electron chi connectivity index (χ2n) is 4.32. The number of nitrogens with one attached hydrogen (secondary N) is 1. The number of carboxylic acid groups (broad SMARTS) is 1. The predicted octanol–water partition coefficient (Wildman–Crippen LogP) is 2.24. The van der Waals surface area contributed by atoms with Crippen LogP contribution in [0, 0.1) is 11.6 Å². The van der Waals surface area contributed by atoms with E-state index in [2.05, 4.69) is 5.32 Å². The van der Waals surface area contributed by atoms with Gasteiger partial charge in [0.15, 0.2) is 0 Å². The van der Waals surface area contributed by atoms with Gasteiger partial charge in [0, 0.05) is 6.54 Å². The van der Waals surface area contributed by atoms with Crippen LogP contribution >= 0.6 is 0 Å². The monoisotopic (exact) mass is 259 g/mol. The second-order valence-corrected chi connectivity index (χ2v) is 4.32. The number of benzene rings is 1. The van der Waals surface area contributed by atoms with E-state index < -0.39 is 34.5 Å². The number of hydrogen-bond donors (Lipinski definition) is 3. The SMILES string of the molecule is CCC(C)(O)CNc1c(F)cc(C(=O)O)cc1F. The Morgan fingerprint density at radius 1 is 1.39 bits per heavy atom. The third-order valence-corrected chi connectivity index (χ3v) is 2.70. The Morgan fingerprint density at radius 3 is 2.28 bits per heavy atom. The minimum atomic E-state index is -1.40. The molecule has 1 aromatic rings. The van der Waals surface area contributed by atoms with Crippen molar-refractivity contribution in [3.05, 3.63) is 29.3 Å². The number of aromatic carboxylic acids is 1. The molecule has 0 aliphatic carbocycles. The van der Waals surface area contributed by atoms with Crippen molar-refractivity contribution in [3.63, 3.8) is 0 Å². The maximum Gasteiger partial charge on any atom is 0.335 e. The molecule has 3 N–H and O–H groups in total. The Bertz CT molecular complexity index is 438. The van der Waals surface area contributed by atoms with Gasteiger partial charge in [-0.1, -0.05) is 6.92 Å². The lowest BCUT2D eigenvalue weighted by Crippen LogP contribution is -2.33. The highest BCUT2D eigenvalue weighted by Crippen LogP contribution is 2.22. The lowest BCUT2D eigenvalue weighted by molar-refractivity contribution is 0.0685. The maximum atomic E-state index is 13.5. The number of carboxylic acids is 1. The Morgan fingerprint density at radius 2 is 1.89 bits per heavy atom. The molecule has 4 nitrogen and oxygen atoms in total. The van der Waals surface area contributed by atoms with Gasteiger partial charge in [0.05, 0.1) is 11.2 Å². The highest BCUT2D eigenvalue weighted by Gasteiger charge is 2.20. The second kappa shape index (κ2) is 5.30. The maximum absolute atomic E-state index is 13.5. The summed E-state index contributed by atoms with van der Waals surface area (Å²) in [5.74, 6) is -3.40. The molecule has 1 aromatic carbocycles. The number of aliphatic hydroxyl groups is 1. The topological polar surface area (TPSA) is 69.6 Å². The predicted molar refractivity (Wildman–Crippen MR) is 62.7 cm³/mol. The van der Waals surface area contributed by atoms with Gasteiger partial charge in [0.1, 0.15) is 17.3 Å². The normalized spacial score (nSPS) is 14.1. The summed E-state index contributed by atoms with van der Waals surface area (Å²) < 4.78 is 27.0. The molecule has 0 amide bonds. The van der Waals surface area contributed by atoms with Gasteiger partial charge in [-0.25, -0.2) is 13.6 Å². The van der Waals surface area contributed by atoms with Gasteiger partial charge in [-0.2, -0.15) is 0 Å². The zero-order valence-electron chi connectivity index (χ0n) is 10.1. The summed E-state index contributed by atoms with van der Waals surface area (Å²) >= 11 is 0. The number of hydrogen-bond acceptors (Lipinski definition) is 3. The van der Waals surface area contributed by atoms with Crippen LogP contribution in [-0.4, -0.2) is 28.3 Å². The van der Waals surface area contributed by atoms with Crippen molar-refractivity contribution in [2.24, 2.45) is 0 Å². The molecule has 1 atom stereocenters. The van der Waals surface area contributed by atoms with Crippen LogP contribution in [0.2, 0.25) is 0 Å². The highest BCUT2D eigenvalue weighted by atomic mass is 19.1. The highest BCUT2D eigenvalue weighted by molar-refractivity contribution is 5.88. The van der Waals surface area contributed by atoms with Crippen molar-refractivity contribution >= 4 is 11.7 Å². The molecular formula is C12H15F2NO3. The average Bonchev–Trinajstić information content (AvgIpc) is 2.27. The lowest BCUT2D eigenvalue weighted by Gasteiger charge is -2.22. The van der Waals surface area contributed by atoms with Gasteiger partial charge < -0.3 is 15.5 Å². The first-order chi connectivity index (χ1) is 8.26. The van der Waals surface area contributed by atoms with Gasteiger partial charge in [-0.05, 0) is 25.5 Å². The van der Waals surface area contributed by atoms with Gasteiger partial charge in [0.25, 0.3) is 0 Å². The lowest BCUT2D eigenvalue weighted by atomic mass is 10.0. The molecule has 18 heavy (non-hydrogen) atoms. The van der Waals surface area contributed by atoms with E-state index in [1.807, 2.05) is 0 Å². The van der Waals surface area contributed by atoms with Crippen LogP contribution in [-0.2, 0) is 0 Å². The largest absolute Gasteiger partial charge is 0.478 e. The van der Waals surface area contributed by atoms with Crippen molar-refractivity contribution < 1.29 is 23.8 Å². The molecule has 0 saturated heterocycles. The van der Waals surface area contributed by atoms with Gasteiger partial charge in [0.2, 0.25) is 0 Å². The molecule has 0 bridgehead atoms. The van der Waals surface area contributed by atoms with Gasteiger partial charge in [-0.3, -0.25) is 0 Å². The summed E-state index contributed by atoms with van der Waals surface area (Å²) in [6.45, 7) is 3.23. The van der Waals surface area contributed by atoms with E-state index in [1.54, 1.807) is 6.92 Å². The fraction of sp³-hybridized carbons (Fsp3) is 0.417. The van der Waals surface area contributed by atoms with Gasteiger partial charge >= 0.3 is 5.97 Å². The van der Waals surface area contributed by atoms with Crippen molar-refractivity contribution in [1.82, 2.24) is 0 Å². The zero-order chi connectivity index (χ0) is 13.9. The number of anilines is 1. The number of halogens is 2. The first-order valence-corrected chi connectivity index (χ1v) is 5.45. The molecular weight excluding hydrogens is 244 g/mol. The Labute approximate surface area is 103 Å². The van der Waals surface area contributed by atoms with Crippen molar-refractivity contribution in [3.8, 4) is 0 Å². The Kier molecular flexibility index (Phi) is 4.24. The molecule has 0 heterocycles. The van der Waals surface area contributed by atoms with Crippen LogP contribution in [0.15, 0.2) is 12.1 Å². The number of rotatable bonds is 5. The summed E-state index contributed by atoms with van der Waals surface area (Å²) in [5.41, 5.74) is -1.99. The third kappa shape index (κ3) is 3.40. The molecule has 0 fully saturated rings. The molecule has 1 rings (SSSR count). The van der Waals surface area contributed by atoms with Crippen molar-refractivity contribution in [2.45, 2.75) is 25.9 Å². The van der Waals surface area contributed by atoms with Crippen molar-refractivity contribution in [2.75, 3.05) is 11.9 Å². The summed E-state index contributed by atoms with van der Waals surface area (Å²) in [6, 6.07) is 1.46. The van der Waals surface area contributed by atoms with E-state index in [4.69, 9.17) is 5.11 Å². The van der Waals surface area contributed by atoms with E-state index in [0.29, 0.717) is 6.42 Å². The molecule has 0 spiro atoms. The zero-order valence-corrected chi connectivity index (χ0v) is 10.1. The standard InChI is InChI=1S/C12H15F2NO3/c1-3-12(2,18)6-15-10-8(13)4-7(11(16)17)5-9(10)14/h4-5,15,18H,3,6H2,1-2H3,(H,16,17). The average molecular weight is 259 g/mol. The molecule has 0 saturated carbocycles. The minimum absolute atomic E-state index is 0.0379. The van der Waals surface area contributed by atoms with Crippen LogP contribution in [0.1, 0.15) is 30.6 Å². The van der Waals surface area contributed by atoms with E-state index >= 15 is 0 Å². The van der Waals surface area contributed by atoms with Crippen LogP contribution < -0.4 is 5.32 Å². The Balaban J connectivity index is 2.94. The number of carbonyl (C=O) groups is 1. The van der Waals surface area contributed by atoms with Crippen LogP contribution in [0.4, 0.5) is 14.5 Å². The van der Waals surface area contributed by atoms with E-state index in [0.717, 1.165) is 12.1 Å². The molecule has 0 aliphatic rings. The molecule has 100 valence electrons. The summed E-state index contributed by atoms with van der Waals surface area (Å²) in [7, 11) is 0. The van der Waals surface area contributed by atoms with E-state index in [9.17, 15) is 18.7 Å². The van der Waals surface area contributed by atoms with E-state index in [-0.39, 0.29) is 6.54 Å². The van der Waals surface area contributed by atoms with E-state index in [1.165, 1.54) is 6.92 Å². The third-order valence-electron chi connectivity index (χ3n) is 2.70. The van der Waals surface area contributed by atoms with Crippen molar-refractivity contribution in [1.29, 1.82) is 0 Å². The van der Waals surface area contributed by atoms with Crippen LogP contribution in [0.5, 0.6) is 0 Å². The smallest absolute Gasteiger partial charge is 0.335 e. The van der Waals surface area contributed by atoms with Crippen LogP contribution in [0.3, 0.4) is 0 Å². The molecule has 1 unspecified atom stereocenters. The molecule has 6 heteroatoms. The minimum Gasteiger partial charge on any atom is -0.478 e. The summed E-state index contributed by atoms with van der Waals surface area (Å²) in [6.07, 6.45) is 0.413. The first-order valence-electron chi connectivity index (χ1n) is 5.45. The van der Waals surface area contributed by atoms with Gasteiger partial charge in [-0.15, -0.1) is 0 Å². The van der Waals surface area contributed by atoms with Crippen LogP contribution in [0.25, 0.3) is 0 Å². The summed E-state index contributed by atoms with van der Waals surface area (Å²) in [4.78, 5) is 10.6. The Hall–Kier alpha value is -1.69. The fourth-order valence-electron chi connectivity index (χ4n) is 1.27. The molecule has 0 aliphatic heterocycles. The fourth-order valence-corrected chi connectivity index (χ4v) is 1.27. The quantitative estimate of drug-likeness (QED) is 0.758.